The number of hydrogen-bond acceptors (Lipinski definition) is 4. The molecule has 7 heteroatoms. The lowest BCUT2D eigenvalue weighted by Gasteiger charge is -2.07. The lowest BCUT2D eigenvalue weighted by atomic mass is 10.4. The van der Waals surface area contributed by atoms with Crippen molar-refractivity contribution in [1.82, 2.24) is 4.98 Å². The molecule has 0 saturated heterocycles. The Morgan fingerprint density at radius 3 is 2.39 bits per heavy atom. The first-order valence-electron chi connectivity index (χ1n) is 4.98. The molecule has 0 aliphatic heterocycles. The number of hydrogen-bond donors (Lipinski definition) is 2. The minimum Gasteiger partial charge on any atom is -0.384 e. The van der Waals surface area contributed by atoms with Gasteiger partial charge in [0.2, 0.25) is 0 Å². The molecule has 0 bridgehead atoms. The second-order valence-corrected chi connectivity index (χ2v) is 6.11. The second-order valence-electron chi connectivity index (χ2n) is 3.51. The van der Waals surface area contributed by atoms with Crippen LogP contribution in [0.4, 0.5) is 11.6 Å². The van der Waals surface area contributed by atoms with E-state index in [4.69, 9.17) is 5.73 Å². The number of rotatable bonds is 3. The van der Waals surface area contributed by atoms with E-state index in [1.54, 1.807) is 24.3 Å². The third kappa shape index (κ3) is 2.99. The van der Waals surface area contributed by atoms with Crippen molar-refractivity contribution >= 4 is 37.6 Å². The lowest BCUT2D eigenvalue weighted by molar-refractivity contribution is 0.601. The highest BCUT2D eigenvalue weighted by Gasteiger charge is 2.14. The minimum absolute atomic E-state index is 0.162. The van der Waals surface area contributed by atoms with Crippen molar-refractivity contribution < 1.29 is 8.42 Å². The summed E-state index contributed by atoms with van der Waals surface area (Å²) >= 11 is 3.24. The number of anilines is 2. The van der Waals surface area contributed by atoms with Gasteiger partial charge in [0.15, 0.2) is 0 Å². The zero-order valence-corrected chi connectivity index (χ0v) is 11.6. The fourth-order valence-electron chi connectivity index (χ4n) is 1.32. The van der Waals surface area contributed by atoms with Gasteiger partial charge < -0.3 is 5.73 Å². The van der Waals surface area contributed by atoms with Gasteiger partial charge >= 0.3 is 0 Å². The summed E-state index contributed by atoms with van der Waals surface area (Å²) in [5, 5.41) is 0. The highest BCUT2D eigenvalue weighted by Crippen LogP contribution is 2.17. The molecule has 0 fully saturated rings. The number of benzene rings is 1. The quantitative estimate of drug-likeness (QED) is 0.905. The molecule has 0 aliphatic rings. The maximum absolute atomic E-state index is 12.0. The Balaban J connectivity index is 2.30. The summed E-state index contributed by atoms with van der Waals surface area (Å²) in [5.41, 5.74) is 5.48. The van der Waals surface area contributed by atoms with Crippen LogP contribution in [0.2, 0.25) is 0 Å². The van der Waals surface area contributed by atoms with E-state index in [-0.39, 0.29) is 16.5 Å². The van der Waals surface area contributed by atoms with Gasteiger partial charge in [0.25, 0.3) is 10.0 Å². The van der Waals surface area contributed by atoms with E-state index < -0.39 is 10.0 Å². The summed E-state index contributed by atoms with van der Waals surface area (Å²) < 4.78 is 27.2. The van der Waals surface area contributed by atoms with Crippen LogP contribution in [0.5, 0.6) is 0 Å². The monoisotopic (exact) mass is 327 g/mol. The molecule has 5 nitrogen and oxygen atoms in total. The fourth-order valence-corrected chi connectivity index (χ4v) is 2.58. The topological polar surface area (TPSA) is 85.1 Å². The van der Waals surface area contributed by atoms with Crippen LogP contribution >= 0.6 is 15.9 Å². The zero-order chi connectivity index (χ0) is 13.2. The van der Waals surface area contributed by atoms with E-state index >= 15 is 0 Å². The van der Waals surface area contributed by atoms with Crippen LogP contribution < -0.4 is 10.5 Å². The Kier molecular flexibility index (Phi) is 3.53. The lowest BCUT2D eigenvalue weighted by Crippen LogP contribution is -2.14. The van der Waals surface area contributed by atoms with Gasteiger partial charge in [0, 0.05) is 4.47 Å². The molecule has 18 heavy (non-hydrogen) atoms. The molecule has 2 aromatic rings. The van der Waals surface area contributed by atoms with Gasteiger partial charge in [-0.05, 0) is 36.4 Å². The molecule has 3 N–H and O–H groups in total. The molecule has 1 heterocycles. The SMILES string of the molecule is Nc1cccc(NS(=O)(=O)c2ccc(Br)cc2)n1. The summed E-state index contributed by atoms with van der Waals surface area (Å²) in [4.78, 5) is 4.04. The summed E-state index contributed by atoms with van der Waals surface area (Å²) in [5.74, 6) is 0.448. The summed E-state index contributed by atoms with van der Waals surface area (Å²) in [6, 6.07) is 11.0. The van der Waals surface area contributed by atoms with Crippen LogP contribution in [0.15, 0.2) is 51.8 Å². The smallest absolute Gasteiger partial charge is 0.263 e. The predicted octanol–water partition coefficient (Wildman–Crippen LogP) is 2.23. The van der Waals surface area contributed by atoms with E-state index in [0.717, 1.165) is 4.47 Å². The molecule has 2 rings (SSSR count). The van der Waals surface area contributed by atoms with Crippen molar-refractivity contribution in [1.29, 1.82) is 0 Å². The molecule has 0 radical (unpaired) electrons. The van der Waals surface area contributed by atoms with E-state index in [0.29, 0.717) is 0 Å². The summed E-state index contributed by atoms with van der Waals surface area (Å²) in [6.45, 7) is 0. The number of aromatic nitrogens is 1. The van der Waals surface area contributed by atoms with E-state index in [9.17, 15) is 8.42 Å². The van der Waals surface area contributed by atoms with Crippen LogP contribution in [0.3, 0.4) is 0 Å². The Bertz CT molecular complexity index is 656. The average molecular weight is 328 g/mol. The standard InChI is InChI=1S/C11H10BrN3O2S/c12-8-4-6-9(7-5-8)18(16,17)15-11-3-1-2-10(13)14-11/h1-7H,(H3,13,14,15). The van der Waals surface area contributed by atoms with Crippen LogP contribution in [-0.2, 0) is 10.0 Å². The molecule has 0 unspecified atom stereocenters. The first-order chi connectivity index (χ1) is 8.47. The van der Waals surface area contributed by atoms with Crippen molar-refractivity contribution in [2.75, 3.05) is 10.5 Å². The number of nitrogens with one attached hydrogen (secondary N) is 1. The van der Waals surface area contributed by atoms with Crippen molar-refractivity contribution in [2.45, 2.75) is 4.90 Å². The Morgan fingerprint density at radius 1 is 1.11 bits per heavy atom. The molecule has 94 valence electrons. The number of nitrogens with two attached hydrogens (primary N) is 1. The van der Waals surface area contributed by atoms with E-state index in [1.165, 1.54) is 18.2 Å². The first kappa shape index (κ1) is 12.8. The van der Waals surface area contributed by atoms with Gasteiger partial charge in [-0.1, -0.05) is 22.0 Å². The van der Waals surface area contributed by atoms with E-state index in [1.807, 2.05) is 0 Å². The largest absolute Gasteiger partial charge is 0.384 e. The molecule has 0 aliphatic carbocycles. The molecule has 0 saturated carbocycles. The fraction of sp³-hybridized carbons (Fsp3) is 0. The molecule has 1 aromatic carbocycles. The zero-order valence-electron chi connectivity index (χ0n) is 9.17. The Labute approximate surface area is 113 Å². The normalized spacial score (nSPS) is 11.2. The van der Waals surface area contributed by atoms with Gasteiger partial charge in [-0.15, -0.1) is 0 Å². The number of halogens is 1. The molecule has 1 aromatic heterocycles. The Morgan fingerprint density at radius 2 is 1.78 bits per heavy atom. The van der Waals surface area contributed by atoms with Gasteiger partial charge in [-0.25, -0.2) is 13.4 Å². The maximum Gasteiger partial charge on any atom is 0.263 e. The van der Waals surface area contributed by atoms with Gasteiger partial charge in [-0.3, -0.25) is 4.72 Å². The predicted molar refractivity (Wildman–Crippen MR) is 73.6 cm³/mol. The number of nitrogen functional groups attached to an aromatic ring is 1. The van der Waals surface area contributed by atoms with E-state index in [2.05, 4.69) is 25.6 Å². The maximum atomic E-state index is 12.0. The van der Waals surface area contributed by atoms with Gasteiger partial charge in [-0.2, -0.15) is 0 Å². The summed E-state index contributed by atoms with van der Waals surface area (Å²) in [6.07, 6.45) is 0. The molecular formula is C11H10BrN3O2S. The second kappa shape index (κ2) is 4.95. The molecule has 0 amide bonds. The Hall–Kier alpha value is -1.60. The van der Waals surface area contributed by atoms with Crippen LogP contribution in [0, 0.1) is 0 Å². The van der Waals surface area contributed by atoms with Crippen molar-refractivity contribution in [3.05, 3.63) is 46.9 Å². The molecule has 0 atom stereocenters. The highest BCUT2D eigenvalue weighted by molar-refractivity contribution is 9.10. The minimum atomic E-state index is -3.64. The molecular weight excluding hydrogens is 318 g/mol. The number of pyridine rings is 1. The third-order valence-electron chi connectivity index (χ3n) is 2.13. The average Bonchev–Trinajstić information content (AvgIpc) is 2.29. The van der Waals surface area contributed by atoms with Crippen LogP contribution in [0.25, 0.3) is 0 Å². The molecule has 0 spiro atoms. The van der Waals surface area contributed by atoms with Gasteiger partial charge in [0.1, 0.15) is 11.6 Å². The number of nitrogens with zero attached hydrogens (tertiary/aromatic N) is 1. The van der Waals surface area contributed by atoms with Crippen molar-refractivity contribution in [3.63, 3.8) is 0 Å². The third-order valence-corrected chi connectivity index (χ3v) is 4.03. The van der Waals surface area contributed by atoms with Gasteiger partial charge in [0.05, 0.1) is 4.90 Å². The van der Waals surface area contributed by atoms with Crippen molar-refractivity contribution in [3.8, 4) is 0 Å². The van der Waals surface area contributed by atoms with Crippen LogP contribution in [-0.4, -0.2) is 13.4 Å². The summed E-state index contributed by atoms with van der Waals surface area (Å²) in [7, 11) is -3.64. The number of sulfonamides is 1. The highest BCUT2D eigenvalue weighted by atomic mass is 79.9. The van der Waals surface area contributed by atoms with Crippen molar-refractivity contribution in [2.24, 2.45) is 0 Å². The first-order valence-corrected chi connectivity index (χ1v) is 7.26. The van der Waals surface area contributed by atoms with Crippen LogP contribution in [0.1, 0.15) is 0 Å².